The van der Waals surface area contributed by atoms with Crippen LogP contribution in [0, 0.1) is 5.92 Å². The van der Waals surface area contributed by atoms with Crippen molar-refractivity contribution in [2.45, 2.75) is 115 Å². The third-order valence-corrected chi connectivity index (χ3v) is 13.7. The molecule has 12 N–H and O–H groups in total. The van der Waals surface area contributed by atoms with E-state index in [0.717, 1.165) is 0 Å². The normalized spacial score (nSPS) is 20.8. The van der Waals surface area contributed by atoms with E-state index in [1.165, 1.54) is 39.9 Å². The second-order valence-electron chi connectivity index (χ2n) is 17.5. The van der Waals surface area contributed by atoms with Gasteiger partial charge in [-0.05, 0) is 49.8 Å². The van der Waals surface area contributed by atoms with Crippen LogP contribution in [0.4, 0.5) is 4.39 Å². The Kier molecular flexibility index (Phi) is 34.5. The molecule has 0 aliphatic carbocycles. The molecule has 76 heavy (non-hydrogen) atoms. The summed E-state index contributed by atoms with van der Waals surface area (Å²) in [6.45, 7) is 6.76. The third kappa shape index (κ3) is 30.1. The number of amides is 9. The van der Waals surface area contributed by atoms with Crippen LogP contribution in [0.25, 0.3) is 0 Å². The Morgan fingerprint density at radius 2 is 1.36 bits per heavy atom. The van der Waals surface area contributed by atoms with E-state index in [0.29, 0.717) is 77.4 Å². The largest absolute Gasteiger partial charge is 0.508 e. The van der Waals surface area contributed by atoms with Crippen LogP contribution in [0.15, 0.2) is 29.4 Å². The highest BCUT2D eigenvalue weighted by Crippen LogP contribution is 2.24. The quantitative estimate of drug-likeness (QED) is 0.0182. The number of halogens is 1. The van der Waals surface area contributed by atoms with Crippen molar-refractivity contribution in [1.82, 2.24) is 37.2 Å². The molecule has 1 aromatic rings. The lowest BCUT2D eigenvalue weighted by atomic mass is 9.96. The van der Waals surface area contributed by atoms with Crippen LogP contribution in [0.1, 0.15) is 77.7 Å². The minimum absolute atomic E-state index is 0.000945. The first kappa shape index (κ1) is 66.3. The molecule has 28 heteroatoms. The smallest absolute Gasteiger partial charge is 0.260 e. The average molecular weight is 1120 g/mol. The first-order chi connectivity index (χ1) is 36.4. The number of primary amides is 2. The van der Waals surface area contributed by atoms with Crippen LogP contribution >= 0.6 is 21.6 Å². The van der Waals surface area contributed by atoms with Gasteiger partial charge in [-0.3, -0.25) is 43.2 Å². The lowest BCUT2D eigenvalue weighted by molar-refractivity contribution is -0.136. The summed E-state index contributed by atoms with van der Waals surface area (Å²) in [5.74, 6) is -6.96. The summed E-state index contributed by atoms with van der Waals surface area (Å²) in [6.07, 6.45) is 1.82. The minimum atomic E-state index is -1.47. The monoisotopic (exact) mass is 1120 g/mol. The number of unbranched alkanes of at least 4 members (excludes halogenated alkanes) is 2. The van der Waals surface area contributed by atoms with Crippen molar-refractivity contribution in [1.29, 1.82) is 0 Å². The Hall–Kier alpha value is -5.81. The van der Waals surface area contributed by atoms with Gasteiger partial charge >= 0.3 is 0 Å². The highest BCUT2D eigenvalue weighted by Gasteiger charge is 2.35. The predicted molar refractivity (Wildman–Crippen MR) is 281 cm³/mol. The average Bonchev–Trinajstić information content (AvgIpc) is 3.37. The van der Waals surface area contributed by atoms with Gasteiger partial charge < -0.3 is 77.6 Å². The maximum absolute atomic E-state index is 14.3. The van der Waals surface area contributed by atoms with E-state index in [4.69, 9.17) is 35.3 Å². The number of carbonyl (C=O) groups is 9. The number of aromatic hydroxyl groups is 1. The Morgan fingerprint density at radius 3 is 2.00 bits per heavy atom. The molecule has 0 bridgehead atoms. The number of carbonyl (C=O) groups excluding carboxylic acids is 9. The minimum Gasteiger partial charge on any atom is -0.508 e. The van der Waals surface area contributed by atoms with Gasteiger partial charge in [0, 0.05) is 43.4 Å². The van der Waals surface area contributed by atoms with Crippen molar-refractivity contribution in [3.8, 4) is 5.75 Å². The van der Waals surface area contributed by atoms with E-state index in [1.807, 2.05) is 0 Å². The van der Waals surface area contributed by atoms with Crippen molar-refractivity contribution in [2.75, 3.05) is 84.2 Å². The molecular weight excluding hydrogens is 1040 g/mol. The maximum Gasteiger partial charge on any atom is 0.260 e. The van der Waals surface area contributed by atoms with Gasteiger partial charge in [-0.1, -0.05) is 65.6 Å². The fourth-order valence-electron chi connectivity index (χ4n) is 6.80. The third-order valence-electron chi connectivity index (χ3n) is 11.1. The Balaban J connectivity index is 2.10. The van der Waals surface area contributed by atoms with E-state index < -0.39 is 108 Å². The number of phenolic OH excluding ortho intramolecular Hbond substituents is 1. The van der Waals surface area contributed by atoms with Gasteiger partial charge in [0.1, 0.15) is 42.6 Å². The number of nitrogens with one attached hydrogen (secondary N) is 7. The van der Waals surface area contributed by atoms with Crippen LogP contribution in [-0.2, 0) is 73.4 Å². The summed E-state index contributed by atoms with van der Waals surface area (Å²) in [7, 11) is 2.45. The molecule has 25 nitrogen and oxygen atoms in total. The van der Waals surface area contributed by atoms with E-state index in [2.05, 4.69) is 42.4 Å². The predicted octanol–water partition coefficient (Wildman–Crippen LogP) is -0.840. The lowest BCUT2D eigenvalue weighted by Gasteiger charge is -2.29. The number of hydrogen-bond donors (Lipinski definition) is 10. The second-order valence-corrected chi connectivity index (χ2v) is 20.1. The molecule has 0 saturated carbocycles. The van der Waals surface area contributed by atoms with Crippen molar-refractivity contribution in [3.05, 3.63) is 29.8 Å². The molecule has 1 aliphatic rings. The Morgan fingerprint density at radius 1 is 0.750 bits per heavy atom. The van der Waals surface area contributed by atoms with Gasteiger partial charge in [-0.25, -0.2) is 4.39 Å². The van der Waals surface area contributed by atoms with E-state index in [-0.39, 0.29) is 62.8 Å². The fraction of sp³-hybridized carbons (Fsp3) is 0.667. The lowest BCUT2D eigenvalue weighted by Crippen LogP contribution is -2.61. The first-order valence-corrected chi connectivity index (χ1v) is 27.6. The standard InChI is InChI=1S/C48H77FN10O15S2/c1-4-31(2)43-48(69)56-35(13-14-39(50)61)44(65)58-37(27-40(51)62)45(66)54-32(3)29-75-76-30-38(47(68)57-36(46(67)59-43)26-33-9-11-34(60)12-10-33)55-41(63)8-6-5-7-16-52-42(64)28-74-53-17-19-71-21-23-73-25-24-72-22-20-70-18-15-49/h9-12,17,31-32,35-38,43,60H,4-8,13-16,18-30H2,1-3H3,(H2,50,61)(H2,51,62)(H,52,64)(H,54,66)(H,55,63)(H,56,69)(H,57,68)(H,58,65)(H,59,67)/b53-17+/t31?,32-,35+,36+,37+,38+,43+/m1/s1. The molecule has 1 heterocycles. The SMILES string of the molecule is CCC(C)[C@@H]1NC(=O)[C@H](Cc2ccc(O)cc2)NC(=O)[C@@H](NC(=O)CCCCCNC(=O)CO/N=C/COCCOCCOCCOCCF)CSSC[C@@H](C)NC(=O)[C@H](CC(N)=O)NC(=O)[C@H](CCC(N)=O)NC1=O. The zero-order valence-corrected chi connectivity index (χ0v) is 45.1. The molecule has 428 valence electrons. The van der Waals surface area contributed by atoms with Crippen molar-refractivity contribution in [2.24, 2.45) is 22.5 Å². The molecule has 2 rings (SSSR count). The molecule has 0 aromatic heterocycles. The molecule has 0 spiro atoms. The molecule has 1 fully saturated rings. The second kappa shape index (κ2) is 39.6. The number of rotatable bonds is 32. The van der Waals surface area contributed by atoms with Crippen molar-refractivity contribution < 1.29 is 76.4 Å². The van der Waals surface area contributed by atoms with Crippen LogP contribution in [0.5, 0.6) is 5.75 Å². The summed E-state index contributed by atoms with van der Waals surface area (Å²) >= 11 is 0. The van der Waals surface area contributed by atoms with Gasteiger partial charge in [0.25, 0.3) is 5.91 Å². The van der Waals surface area contributed by atoms with Gasteiger partial charge in [0.05, 0.1) is 65.5 Å². The molecule has 7 atom stereocenters. The topological polar surface area (TPSA) is 369 Å². The number of benzene rings is 1. The maximum atomic E-state index is 14.3. The summed E-state index contributed by atoms with van der Waals surface area (Å²) in [6, 6.07) is -1.42. The van der Waals surface area contributed by atoms with Crippen LogP contribution in [0.2, 0.25) is 0 Å². The van der Waals surface area contributed by atoms with Gasteiger partial charge in [0.15, 0.2) is 6.61 Å². The zero-order chi connectivity index (χ0) is 56.1. The van der Waals surface area contributed by atoms with Gasteiger partial charge in [0.2, 0.25) is 47.3 Å². The number of oxime groups is 1. The summed E-state index contributed by atoms with van der Waals surface area (Å²) in [5.41, 5.74) is 11.3. The van der Waals surface area contributed by atoms with Crippen LogP contribution in [0.3, 0.4) is 0 Å². The van der Waals surface area contributed by atoms with Gasteiger partial charge in [-0.2, -0.15) is 0 Å². The first-order valence-electron chi connectivity index (χ1n) is 25.1. The fourth-order valence-corrected chi connectivity index (χ4v) is 9.25. The summed E-state index contributed by atoms with van der Waals surface area (Å²) in [5, 5.41) is 32.3. The number of ether oxygens (including phenoxy) is 4. The number of hydrogen-bond acceptors (Lipinski definition) is 18. The molecule has 1 aromatic carbocycles. The van der Waals surface area contributed by atoms with Crippen molar-refractivity contribution >= 4 is 81.0 Å². The number of nitrogens with two attached hydrogens (primary N) is 2. The highest BCUT2D eigenvalue weighted by atomic mass is 33.1. The zero-order valence-electron chi connectivity index (χ0n) is 43.4. The molecule has 0 radical (unpaired) electrons. The molecule has 1 saturated heterocycles. The Labute approximate surface area is 450 Å². The molecule has 1 aliphatic heterocycles. The molecular formula is C48H77FN10O15S2. The number of nitrogens with zero attached hydrogens (tertiary/aromatic N) is 1. The van der Waals surface area contributed by atoms with Crippen LogP contribution in [-0.4, -0.2) is 185 Å². The van der Waals surface area contributed by atoms with E-state index in [9.17, 15) is 52.6 Å². The van der Waals surface area contributed by atoms with E-state index in [1.54, 1.807) is 32.9 Å². The summed E-state index contributed by atoms with van der Waals surface area (Å²) < 4.78 is 32.9. The number of alkyl halides is 1. The number of phenols is 1. The molecule has 1 unspecified atom stereocenters. The van der Waals surface area contributed by atoms with Crippen molar-refractivity contribution in [3.63, 3.8) is 0 Å². The van der Waals surface area contributed by atoms with E-state index >= 15 is 0 Å². The molecule has 9 amide bonds. The van der Waals surface area contributed by atoms with Crippen LogP contribution < -0.4 is 48.7 Å². The summed E-state index contributed by atoms with van der Waals surface area (Å²) in [4.78, 5) is 124. The van der Waals surface area contributed by atoms with Gasteiger partial charge in [-0.15, -0.1) is 0 Å². The highest BCUT2D eigenvalue weighted by molar-refractivity contribution is 8.76. The Bertz CT molecular complexity index is 2000.